The number of nitrogens with two attached hydrogens (primary N) is 1. The average Bonchev–Trinajstić information content (AvgIpc) is 2.51. The molecule has 2 rings (SSSR count). The van der Waals surface area contributed by atoms with Gasteiger partial charge in [0.15, 0.2) is 0 Å². The third-order valence-corrected chi connectivity index (χ3v) is 3.45. The summed E-state index contributed by atoms with van der Waals surface area (Å²) in [6.07, 6.45) is 6.39. The molecular weight excluding hydrogens is 196 g/mol. The van der Waals surface area contributed by atoms with Crippen LogP contribution in [-0.4, -0.2) is 14.9 Å². The summed E-state index contributed by atoms with van der Waals surface area (Å²) >= 11 is 1.34. The summed E-state index contributed by atoms with van der Waals surface area (Å²) in [5, 5.41) is 4.30. The molecule has 1 aromatic rings. The second kappa shape index (κ2) is 3.73. The van der Waals surface area contributed by atoms with Crippen molar-refractivity contribution in [2.45, 2.75) is 44.6 Å². The van der Waals surface area contributed by atoms with Crippen LogP contribution < -0.4 is 11.1 Å². The Labute approximate surface area is 88.1 Å². The Morgan fingerprint density at radius 3 is 2.64 bits per heavy atom. The molecule has 0 spiro atoms. The van der Waals surface area contributed by atoms with Crippen molar-refractivity contribution in [3.63, 3.8) is 0 Å². The highest BCUT2D eigenvalue weighted by Crippen LogP contribution is 2.31. The van der Waals surface area contributed by atoms with Crippen molar-refractivity contribution in [1.82, 2.24) is 9.36 Å². The molecule has 0 amide bonds. The van der Waals surface area contributed by atoms with E-state index in [2.05, 4.69) is 21.6 Å². The first kappa shape index (κ1) is 9.71. The molecule has 0 bridgehead atoms. The predicted octanol–water partition coefficient (Wildman–Crippen LogP) is 2.25. The number of nitrogens with zero attached hydrogens (tertiary/aromatic N) is 2. The lowest BCUT2D eigenvalue weighted by molar-refractivity contribution is 0.349. The summed E-state index contributed by atoms with van der Waals surface area (Å²) in [7, 11) is 0. The number of aromatic nitrogens is 2. The molecule has 4 nitrogen and oxygen atoms in total. The van der Waals surface area contributed by atoms with E-state index in [1.807, 2.05) is 0 Å². The second-order valence-corrected chi connectivity index (χ2v) is 4.96. The maximum Gasteiger partial charge on any atom is 0.233 e. The van der Waals surface area contributed by atoms with Gasteiger partial charge in [0.1, 0.15) is 0 Å². The molecule has 1 aliphatic carbocycles. The smallest absolute Gasteiger partial charge is 0.233 e. The number of nitrogens with one attached hydrogen (secondary N) is 1. The summed E-state index contributed by atoms with van der Waals surface area (Å²) in [6, 6.07) is 0. The van der Waals surface area contributed by atoms with Gasteiger partial charge in [0.2, 0.25) is 11.1 Å². The molecule has 0 aromatic carbocycles. The fourth-order valence-electron chi connectivity index (χ4n) is 2.00. The lowest BCUT2D eigenvalue weighted by Gasteiger charge is -2.34. The lowest BCUT2D eigenvalue weighted by atomic mass is 9.83. The average molecular weight is 212 g/mol. The fraction of sp³-hybridized carbons (Fsp3) is 0.778. The quantitative estimate of drug-likeness (QED) is 0.789. The van der Waals surface area contributed by atoms with Gasteiger partial charge in [-0.1, -0.05) is 19.3 Å². The van der Waals surface area contributed by atoms with E-state index < -0.39 is 0 Å². The molecule has 3 N–H and O–H groups in total. The molecule has 5 heteroatoms. The molecule has 0 radical (unpaired) electrons. The highest BCUT2D eigenvalue weighted by molar-refractivity contribution is 7.09. The zero-order chi connectivity index (χ0) is 10.0. The molecule has 1 aliphatic rings. The zero-order valence-electron chi connectivity index (χ0n) is 8.42. The van der Waals surface area contributed by atoms with Gasteiger partial charge in [-0.15, -0.1) is 0 Å². The summed E-state index contributed by atoms with van der Waals surface area (Å²) in [5.74, 6) is 0.372. The van der Waals surface area contributed by atoms with Crippen LogP contribution >= 0.6 is 11.5 Å². The monoisotopic (exact) mass is 212 g/mol. The van der Waals surface area contributed by atoms with Crippen LogP contribution in [0.5, 0.6) is 0 Å². The molecule has 1 aromatic heterocycles. The van der Waals surface area contributed by atoms with E-state index in [9.17, 15) is 0 Å². The molecule has 0 aliphatic heterocycles. The van der Waals surface area contributed by atoms with E-state index in [1.165, 1.54) is 43.6 Å². The molecule has 0 saturated heterocycles. The van der Waals surface area contributed by atoms with Gasteiger partial charge >= 0.3 is 0 Å². The van der Waals surface area contributed by atoms with E-state index >= 15 is 0 Å². The number of hydrogen-bond acceptors (Lipinski definition) is 5. The van der Waals surface area contributed by atoms with Crippen LogP contribution in [0.4, 0.5) is 11.1 Å². The van der Waals surface area contributed by atoms with Crippen LogP contribution in [0, 0.1) is 0 Å². The van der Waals surface area contributed by atoms with E-state index in [1.54, 1.807) is 0 Å². The van der Waals surface area contributed by atoms with Gasteiger partial charge in [-0.3, -0.25) is 0 Å². The van der Waals surface area contributed by atoms with Crippen molar-refractivity contribution < 1.29 is 0 Å². The summed E-state index contributed by atoms with van der Waals surface area (Å²) in [6.45, 7) is 2.25. The van der Waals surface area contributed by atoms with Crippen molar-refractivity contribution in [2.75, 3.05) is 11.1 Å². The molecule has 0 atom stereocenters. The molecule has 78 valence electrons. The van der Waals surface area contributed by atoms with Crippen molar-refractivity contribution in [2.24, 2.45) is 0 Å². The highest BCUT2D eigenvalue weighted by Gasteiger charge is 2.27. The van der Waals surface area contributed by atoms with E-state index in [-0.39, 0.29) is 5.54 Å². The summed E-state index contributed by atoms with van der Waals surface area (Å²) < 4.78 is 3.96. The van der Waals surface area contributed by atoms with Crippen LogP contribution in [0.1, 0.15) is 39.0 Å². The number of hydrogen-bond donors (Lipinski definition) is 2. The second-order valence-electron chi connectivity index (χ2n) is 4.20. The Morgan fingerprint density at radius 1 is 1.36 bits per heavy atom. The molecule has 0 unspecified atom stereocenters. The van der Waals surface area contributed by atoms with Crippen LogP contribution in [-0.2, 0) is 0 Å². The Bertz CT molecular complexity index is 304. The maximum atomic E-state index is 5.48. The van der Waals surface area contributed by atoms with Gasteiger partial charge in [0.25, 0.3) is 0 Å². The topological polar surface area (TPSA) is 63.8 Å². The van der Waals surface area contributed by atoms with Gasteiger partial charge in [0, 0.05) is 17.1 Å². The number of anilines is 2. The first-order valence-electron chi connectivity index (χ1n) is 5.05. The Morgan fingerprint density at radius 2 is 2.07 bits per heavy atom. The minimum absolute atomic E-state index is 0.199. The van der Waals surface area contributed by atoms with Crippen LogP contribution in [0.2, 0.25) is 0 Å². The van der Waals surface area contributed by atoms with E-state index in [0.29, 0.717) is 5.95 Å². The molecule has 1 heterocycles. The predicted molar refractivity (Wildman–Crippen MR) is 59.4 cm³/mol. The van der Waals surface area contributed by atoms with E-state index in [4.69, 9.17) is 5.73 Å². The van der Waals surface area contributed by atoms with Gasteiger partial charge in [0.05, 0.1) is 0 Å². The Kier molecular flexibility index (Phi) is 2.58. The van der Waals surface area contributed by atoms with Crippen LogP contribution in [0.15, 0.2) is 0 Å². The Balaban J connectivity index is 2.01. The first-order chi connectivity index (χ1) is 6.68. The molecule has 14 heavy (non-hydrogen) atoms. The van der Waals surface area contributed by atoms with Crippen molar-refractivity contribution >= 4 is 22.6 Å². The standard InChI is InChI=1S/C9H16N4S/c1-9(5-3-2-4-6-9)12-8-11-7(10)13-14-8/h2-6H2,1H3,(H3,10,11,12,13). The van der Waals surface area contributed by atoms with Crippen molar-refractivity contribution in [3.8, 4) is 0 Å². The molecular formula is C9H16N4S. The Hall–Kier alpha value is -0.840. The SMILES string of the molecule is CC1(Nc2nc(N)ns2)CCCCC1. The number of rotatable bonds is 2. The van der Waals surface area contributed by atoms with Crippen LogP contribution in [0.25, 0.3) is 0 Å². The van der Waals surface area contributed by atoms with Gasteiger partial charge in [-0.05, 0) is 19.8 Å². The summed E-state index contributed by atoms with van der Waals surface area (Å²) in [4.78, 5) is 4.12. The zero-order valence-corrected chi connectivity index (χ0v) is 9.23. The highest BCUT2D eigenvalue weighted by atomic mass is 32.1. The largest absolute Gasteiger partial charge is 0.367 e. The fourth-order valence-corrected chi connectivity index (χ4v) is 2.65. The maximum absolute atomic E-state index is 5.48. The number of nitrogen functional groups attached to an aromatic ring is 1. The van der Waals surface area contributed by atoms with Gasteiger partial charge < -0.3 is 11.1 Å². The summed E-state index contributed by atoms with van der Waals surface area (Å²) in [5.41, 5.74) is 5.67. The molecule has 1 saturated carbocycles. The lowest BCUT2D eigenvalue weighted by Crippen LogP contribution is -2.36. The van der Waals surface area contributed by atoms with Crippen molar-refractivity contribution in [1.29, 1.82) is 0 Å². The molecule has 1 fully saturated rings. The normalized spacial score (nSPS) is 20.6. The van der Waals surface area contributed by atoms with Crippen molar-refractivity contribution in [3.05, 3.63) is 0 Å². The minimum atomic E-state index is 0.199. The van der Waals surface area contributed by atoms with Gasteiger partial charge in [-0.25, -0.2) is 0 Å². The minimum Gasteiger partial charge on any atom is -0.367 e. The third-order valence-electron chi connectivity index (χ3n) is 2.81. The third kappa shape index (κ3) is 2.15. The van der Waals surface area contributed by atoms with Gasteiger partial charge in [-0.2, -0.15) is 9.36 Å². The van der Waals surface area contributed by atoms with Crippen LogP contribution in [0.3, 0.4) is 0 Å². The van der Waals surface area contributed by atoms with E-state index in [0.717, 1.165) is 5.13 Å². The first-order valence-corrected chi connectivity index (χ1v) is 5.83.